The summed E-state index contributed by atoms with van der Waals surface area (Å²) in [5.41, 5.74) is 0. The highest BCUT2D eigenvalue weighted by Gasteiger charge is 2.47. The second kappa shape index (κ2) is 6.06. The SMILES string of the molecule is O=C(O[C@@H]1[C@@H](O)[C@H](O)[C@@H](CO)O[C@@H]1O)C(Cl)(Cl)Cl. The van der Waals surface area contributed by atoms with Gasteiger partial charge < -0.3 is 29.9 Å². The number of rotatable bonds is 2. The Bertz CT molecular complexity index is 308. The van der Waals surface area contributed by atoms with Crippen molar-refractivity contribution < 1.29 is 34.7 Å². The van der Waals surface area contributed by atoms with E-state index < -0.39 is 47.1 Å². The average molecular weight is 326 g/mol. The van der Waals surface area contributed by atoms with E-state index >= 15 is 0 Å². The van der Waals surface area contributed by atoms with Gasteiger partial charge in [0.25, 0.3) is 3.79 Å². The topological polar surface area (TPSA) is 116 Å². The van der Waals surface area contributed by atoms with Crippen molar-refractivity contribution in [1.29, 1.82) is 0 Å². The number of hydrogen-bond acceptors (Lipinski definition) is 7. The van der Waals surface area contributed by atoms with E-state index in [2.05, 4.69) is 4.74 Å². The lowest BCUT2D eigenvalue weighted by Crippen LogP contribution is -2.60. The van der Waals surface area contributed by atoms with Crippen molar-refractivity contribution in [2.24, 2.45) is 0 Å². The molecule has 10 heteroatoms. The van der Waals surface area contributed by atoms with Gasteiger partial charge in [0.15, 0.2) is 12.4 Å². The maximum Gasteiger partial charge on any atom is 0.359 e. The molecular formula is C8H11Cl3O7. The van der Waals surface area contributed by atoms with Gasteiger partial charge >= 0.3 is 5.97 Å². The van der Waals surface area contributed by atoms with Crippen LogP contribution in [0.3, 0.4) is 0 Å². The molecule has 1 saturated heterocycles. The van der Waals surface area contributed by atoms with E-state index in [0.717, 1.165) is 0 Å². The van der Waals surface area contributed by atoms with Gasteiger partial charge in [-0.05, 0) is 0 Å². The van der Waals surface area contributed by atoms with Gasteiger partial charge in [0.05, 0.1) is 6.61 Å². The predicted molar refractivity (Wildman–Crippen MR) is 60.1 cm³/mol. The minimum atomic E-state index is -2.39. The third kappa shape index (κ3) is 3.58. The van der Waals surface area contributed by atoms with E-state index in [1.807, 2.05) is 0 Å². The van der Waals surface area contributed by atoms with Gasteiger partial charge in [-0.2, -0.15) is 0 Å². The van der Waals surface area contributed by atoms with Crippen LogP contribution in [0.5, 0.6) is 0 Å². The molecule has 106 valence electrons. The number of halogens is 3. The quantitative estimate of drug-likeness (QED) is 0.368. The molecule has 0 aromatic carbocycles. The smallest absolute Gasteiger partial charge is 0.359 e. The molecule has 0 aliphatic carbocycles. The van der Waals surface area contributed by atoms with Crippen LogP contribution in [0.1, 0.15) is 0 Å². The molecule has 1 rings (SSSR count). The van der Waals surface area contributed by atoms with Crippen molar-refractivity contribution in [3.8, 4) is 0 Å². The molecule has 0 aromatic rings. The van der Waals surface area contributed by atoms with Crippen molar-refractivity contribution in [2.45, 2.75) is 34.5 Å². The van der Waals surface area contributed by atoms with Crippen LogP contribution in [0.15, 0.2) is 0 Å². The van der Waals surface area contributed by atoms with Crippen molar-refractivity contribution in [3.05, 3.63) is 0 Å². The fourth-order valence-electron chi connectivity index (χ4n) is 1.39. The number of aliphatic hydroxyl groups excluding tert-OH is 4. The summed E-state index contributed by atoms with van der Waals surface area (Å²) in [6.45, 7) is -0.638. The van der Waals surface area contributed by atoms with Crippen LogP contribution in [0, 0.1) is 0 Å². The van der Waals surface area contributed by atoms with Crippen LogP contribution in [0.4, 0.5) is 0 Å². The Morgan fingerprint density at radius 3 is 2.22 bits per heavy atom. The Hall–Kier alpha value is 0.140. The number of hydrogen-bond donors (Lipinski definition) is 4. The molecular weight excluding hydrogens is 314 g/mol. The molecule has 1 aliphatic rings. The van der Waals surface area contributed by atoms with Crippen molar-refractivity contribution in [3.63, 3.8) is 0 Å². The Morgan fingerprint density at radius 2 is 1.78 bits per heavy atom. The van der Waals surface area contributed by atoms with Crippen LogP contribution in [-0.4, -0.2) is 67.5 Å². The second-order valence-electron chi connectivity index (χ2n) is 3.60. The molecule has 7 nitrogen and oxygen atoms in total. The zero-order chi connectivity index (χ0) is 14.1. The standard InChI is InChI=1S/C8H11Cl3O7/c9-8(10,11)7(16)18-5-4(14)3(13)2(1-12)17-6(5)15/h2-6,12-15H,1H2/t2-,3-,4+,5-,6+/m1/s1. The maximum absolute atomic E-state index is 11.3. The molecule has 0 unspecified atom stereocenters. The van der Waals surface area contributed by atoms with Gasteiger partial charge in [-0.1, -0.05) is 34.8 Å². The summed E-state index contributed by atoms with van der Waals surface area (Å²) in [7, 11) is 0. The molecule has 1 fully saturated rings. The highest BCUT2D eigenvalue weighted by atomic mass is 35.6. The first-order valence-electron chi connectivity index (χ1n) is 4.76. The Balaban J connectivity index is 2.74. The summed E-state index contributed by atoms with van der Waals surface area (Å²) in [5, 5.41) is 37.4. The minimum absolute atomic E-state index is 0.638. The van der Waals surface area contributed by atoms with Crippen molar-refractivity contribution in [2.75, 3.05) is 6.61 Å². The fraction of sp³-hybridized carbons (Fsp3) is 0.875. The van der Waals surface area contributed by atoms with Gasteiger partial charge in [-0.15, -0.1) is 0 Å². The van der Waals surface area contributed by atoms with E-state index in [-0.39, 0.29) is 0 Å². The number of alkyl halides is 3. The highest BCUT2D eigenvalue weighted by molar-refractivity contribution is 6.75. The lowest BCUT2D eigenvalue weighted by molar-refractivity contribution is -0.290. The number of esters is 1. The Morgan fingerprint density at radius 1 is 1.22 bits per heavy atom. The van der Waals surface area contributed by atoms with Gasteiger partial charge in [0.2, 0.25) is 0 Å². The Kier molecular flexibility index (Phi) is 5.45. The third-order valence-electron chi connectivity index (χ3n) is 2.32. The molecule has 0 spiro atoms. The van der Waals surface area contributed by atoms with Crippen LogP contribution in [0.2, 0.25) is 0 Å². The molecule has 1 aliphatic heterocycles. The first kappa shape index (κ1) is 16.2. The molecule has 4 N–H and O–H groups in total. The number of aliphatic hydroxyl groups is 4. The summed E-state index contributed by atoms with van der Waals surface area (Å²) < 4.78 is 6.88. The summed E-state index contributed by atoms with van der Waals surface area (Å²) in [5.74, 6) is -1.34. The van der Waals surface area contributed by atoms with E-state index in [0.29, 0.717) is 0 Å². The zero-order valence-corrected chi connectivity index (χ0v) is 11.0. The van der Waals surface area contributed by atoms with Crippen molar-refractivity contribution >= 4 is 40.8 Å². The van der Waals surface area contributed by atoms with Gasteiger partial charge in [-0.3, -0.25) is 0 Å². The van der Waals surface area contributed by atoms with E-state index in [9.17, 15) is 20.1 Å². The minimum Gasteiger partial charge on any atom is -0.451 e. The van der Waals surface area contributed by atoms with Crippen LogP contribution in [-0.2, 0) is 14.3 Å². The van der Waals surface area contributed by atoms with Crippen molar-refractivity contribution in [1.82, 2.24) is 0 Å². The monoisotopic (exact) mass is 324 g/mol. The molecule has 0 saturated carbocycles. The molecule has 0 amide bonds. The molecule has 18 heavy (non-hydrogen) atoms. The van der Waals surface area contributed by atoms with E-state index in [4.69, 9.17) is 44.6 Å². The van der Waals surface area contributed by atoms with Gasteiger partial charge in [-0.25, -0.2) is 4.79 Å². The number of carbonyl (C=O) groups excluding carboxylic acids is 1. The maximum atomic E-state index is 11.3. The average Bonchev–Trinajstić information content (AvgIpc) is 2.27. The van der Waals surface area contributed by atoms with Crippen LogP contribution >= 0.6 is 34.8 Å². The molecule has 0 aromatic heterocycles. The summed E-state index contributed by atoms with van der Waals surface area (Å²) in [4.78, 5) is 11.3. The second-order valence-corrected chi connectivity index (χ2v) is 5.88. The zero-order valence-electron chi connectivity index (χ0n) is 8.74. The Labute approximate surface area is 117 Å². The molecule has 0 radical (unpaired) electrons. The lowest BCUT2D eigenvalue weighted by atomic mass is 9.99. The molecule has 0 bridgehead atoms. The molecule has 1 heterocycles. The van der Waals surface area contributed by atoms with E-state index in [1.54, 1.807) is 0 Å². The summed E-state index contributed by atoms with van der Waals surface area (Å²) >= 11 is 15.7. The van der Waals surface area contributed by atoms with Crippen LogP contribution < -0.4 is 0 Å². The van der Waals surface area contributed by atoms with Gasteiger partial charge in [0.1, 0.15) is 18.3 Å². The number of ether oxygens (including phenoxy) is 2. The van der Waals surface area contributed by atoms with Crippen LogP contribution in [0.25, 0.3) is 0 Å². The van der Waals surface area contributed by atoms with E-state index in [1.165, 1.54) is 0 Å². The summed E-state index contributed by atoms with van der Waals surface area (Å²) in [6.07, 6.45) is -7.87. The molecule has 5 atom stereocenters. The highest BCUT2D eigenvalue weighted by Crippen LogP contribution is 2.30. The first-order chi connectivity index (χ1) is 8.18. The normalized spacial score (nSPS) is 37.4. The fourth-order valence-corrected chi connectivity index (χ4v) is 1.52. The predicted octanol–water partition coefficient (Wildman–Crippen LogP) is -1.30. The first-order valence-corrected chi connectivity index (χ1v) is 5.90. The number of carbonyl (C=O) groups is 1. The summed E-state index contributed by atoms with van der Waals surface area (Å²) in [6, 6.07) is 0. The van der Waals surface area contributed by atoms with Gasteiger partial charge in [0, 0.05) is 0 Å². The third-order valence-corrected chi connectivity index (χ3v) is 2.78. The largest absolute Gasteiger partial charge is 0.451 e. The lowest BCUT2D eigenvalue weighted by Gasteiger charge is -2.39.